The number of fused-ring (bicyclic) bond motifs is 2. The smallest absolute Gasteiger partial charge is 0.249 e. The Bertz CT molecular complexity index is 1480. The lowest BCUT2D eigenvalue weighted by Gasteiger charge is -2.23. The van der Waals surface area contributed by atoms with Gasteiger partial charge in [-0.15, -0.1) is 0 Å². The van der Waals surface area contributed by atoms with Crippen molar-refractivity contribution in [2.24, 2.45) is 0 Å². The highest BCUT2D eigenvalue weighted by molar-refractivity contribution is 5.97. The molecule has 5 aromatic rings. The highest BCUT2D eigenvalue weighted by atomic mass is 16.1. The van der Waals surface area contributed by atoms with Gasteiger partial charge < -0.3 is 10.3 Å². The summed E-state index contributed by atoms with van der Waals surface area (Å²) in [7, 11) is 0. The van der Waals surface area contributed by atoms with Crippen molar-refractivity contribution in [2.75, 3.05) is 13.1 Å². The maximum Gasteiger partial charge on any atom is 0.249 e. The minimum Gasteiger partial charge on any atom is -0.322 e. The van der Waals surface area contributed by atoms with Crippen molar-refractivity contribution < 1.29 is 0 Å². The highest BCUT2D eigenvalue weighted by Crippen LogP contribution is 2.31. The van der Waals surface area contributed by atoms with Crippen LogP contribution in [0.25, 0.3) is 38.8 Å². The number of aromatic nitrogens is 4. The third kappa shape index (κ3) is 3.29. The standard InChI is InChI=1S/C26H23N5O/c32-25-13-22(21-3-1-2-4-24(21)30-25)23-15-29-31-16-20(14-28-26(23)31)18-7-5-17(6-8-18)19-9-11-27-12-10-19/h1-8,13-16,19,27H,9-12H2,(H,30,32). The number of rotatable bonds is 3. The van der Waals surface area contributed by atoms with E-state index in [1.165, 1.54) is 18.4 Å². The summed E-state index contributed by atoms with van der Waals surface area (Å²) in [4.78, 5) is 19.8. The van der Waals surface area contributed by atoms with E-state index in [4.69, 9.17) is 4.98 Å². The first-order valence-corrected chi connectivity index (χ1v) is 11.0. The molecule has 0 unspecified atom stereocenters. The van der Waals surface area contributed by atoms with E-state index in [0.717, 1.165) is 51.9 Å². The van der Waals surface area contributed by atoms with E-state index < -0.39 is 0 Å². The second-order valence-electron chi connectivity index (χ2n) is 8.41. The quantitative estimate of drug-likeness (QED) is 0.454. The molecule has 0 radical (unpaired) electrons. The van der Waals surface area contributed by atoms with Crippen molar-refractivity contribution in [2.45, 2.75) is 18.8 Å². The number of pyridine rings is 1. The molecular weight excluding hydrogens is 398 g/mol. The van der Waals surface area contributed by atoms with Crippen molar-refractivity contribution in [1.82, 2.24) is 24.9 Å². The zero-order chi connectivity index (χ0) is 21.5. The largest absolute Gasteiger partial charge is 0.322 e. The zero-order valence-electron chi connectivity index (χ0n) is 17.6. The van der Waals surface area contributed by atoms with Crippen LogP contribution >= 0.6 is 0 Å². The summed E-state index contributed by atoms with van der Waals surface area (Å²) >= 11 is 0. The first-order chi connectivity index (χ1) is 15.8. The highest BCUT2D eigenvalue weighted by Gasteiger charge is 2.16. The van der Waals surface area contributed by atoms with Gasteiger partial charge in [-0.1, -0.05) is 42.5 Å². The summed E-state index contributed by atoms with van der Waals surface area (Å²) in [5, 5.41) is 8.95. The van der Waals surface area contributed by atoms with E-state index >= 15 is 0 Å². The number of piperidine rings is 1. The molecule has 1 aliphatic rings. The maximum atomic E-state index is 12.2. The van der Waals surface area contributed by atoms with Crippen molar-refractivity contribution in [1.29, 1.82) is 0 Å². The van der Waals surface area contributed by atoms with Gasteiger partial charge in [0.15, 0.2) is 5.65 Å². The summed E-state index contributed by atoms with van der Waals surface area (Å²) in [6.07, 6.45) is 8.06. The number of nitrogens with one attached hydrogen (secondary N) is 2. The van der Waals surface area contributed by atoms with Gasteiger partial charge >= 0.3 is 0 Å². The monoisotopic (exact) mass is 421 g/mol. The molecule has 6 heteroatoms. The molecule has 1 saturated heterocycles. The summed E-state index contributed by atoms with van der Waals surface area (Å²) < 4.78 is 1.79. The average Bonchev–Trinajstić information content (AvgIpc) is 3.27. The molecule has 1 fully saturated rings. The number of para-hydroxylation sites is 1. The Morgan fingerprint density at radius 3 is 2.56 bits per heavy atom. The molecule has 0 amide bonds. The van der Waals surface area contributed by atoms with Gasteiger partial charge in [0.1, 0.15) is 0 Å². The van der Waals surface area contributed by atoms with E-state index in [2.05, 4.69) is 39.7 Å². The Hall–Kier alpha value is -3.77. The van der Waals surface area contributed by atoms with Gasteiger partial charge in [-0.25, -0.2) is 9.50 Å². The van der Waals surface area contributed by atoms with Crippen molar-refractivity contribution in [3.05, 3.63) is 89.1 Å². The number of benzene rings is 2. The molecule has 0 spiro atoms. The predicted octanol–water partition coefficient (Wildman–Crippen LogP) is 4.37. The van der Waals surface area contributed by atoms with E-state index in [-0.39, 0.29) is 5.56 Å². The molecule has 32 heavy (non-hydrogen) atoms. The fourth-order valence-electron chi connectivity index (χ4n) is 4.74. The van der Waals surface area contributed by atoms with Crippen molar-refractivity contribution >= 4 is 16.6 Å². The second-order valence-corrected chi connectivity index (χ2v) is 8.41. The Kier molecular flexibility index (Phi) is 4.58. The molecule has 6 nitrogen and oxygen atoms in total. The lowest BCUT2D eigenvalue weighted by atomic mass is 9.89. The Morgan fingerprint density at radius 1 is 0.906 bits per heavy atom. The van der Waals surface area contributed by atoms with Gasteiger partial charge in [0.2, 0.25) is 5.56 Å². The Balaban J connectivity index is 1.38. The molecular formula is C26H23N5O. The molecule has 0 aliphatic carbocycles. The molecule has 2 aromatic carbocycles. The fraction of sp³-hybridized carbons (Fsp3) is 0.192. The predicted molar refractivity (Wildman–Crippen MR) is 127 cm³/mol. The average molecular weight is 422 g/mol. The van der Waals surface area contributed by atoms with Gasteiger partial charge in [-0.2, -0.15) is 5.10 Å². The number of hydrogen-bond donors (Lipinski definition) is 2. The molecule has 0 atom stereocenters. The topological polar surface area (TPSA) is 75.1 Å². The first-order valence-electron chi connectivity index (χ1n) is 11.0. The van der Waals surface area contributed by atoms with Gasteiger partial charge in [0.05, 0.1) is 6.20 Å². The summed E-state index contributed by atoms with van der Waals surface area (Å²) in [6.45, 7) is 2.19. The van der Waals surface area contributed by atoms with E-state index in [1.807, 2.05) is 36.7 Å². The van der Waals surface area contributed by atoms with Crippen LogP contribution < -0.4 is 10.9 Å². The normalized spacial score (nSPS) is 14.9. The third-order valence-electron chi connectivity index (χ3n) is 6.45. The molecule has 158 valence electrons. The first kappa shape index (κ1) is 19.0. The van der Waals surface area contributed by atoms with E-state index in [9.17, 15) is 4.79 Å². The van der Waals surface area contributed by atoms with E-state index in [0.29, 0.717) is 5.92 Å². The fourth-order valence-corrected chi connectivity index (χ4v) is 4.74. The molecule has 4 heterocycles. The van der Waals surface area contributed by atoms with Crippen molar-refractivity contribution in [3.8, 4) is 22.3 Å². The third-order valence-corrected chi connectivity index (χ3v) is 6.45. The minimum absolute atomic E-state index is 0.136. The van der Waals surface area contributed by atoms with Crippen LogP contribution in [0.1, 0.15) is 24.3 Å². The van der Waals surface area contributed by atoms with Crippen LogP contribution in [0.15, 0.2) is 78.0 Å². The number of H-pyrrole nitrogens is 1. The van der Waals surface area contributed by atoms with Crippen LogP contribution in [0.3, 0.4) is 0 Å². The summed E-state index contributed by atoms with van der Waals surface area (Å²) in [6, 6.07) is 18.2. The molecule has 6 rings (SSSR count). The lowest BCUT2D eigenvalue weighted by Crippen LogP contribution is -2.26. The van der Waals surface area contributed by atoms with Gasteiger partial charge in [0.25, 0.3) is 0 Å². The summed E-state index contributed by atoms with van der Waals surface area (Å²) in [5.74, 6) is 0.642. The maximum absolute atomic E-state index is 12.2. The van der Waals surface area contributed by atoms with Crippen LogP contribution in [-0.4, -0.2) is 32.7 Å². The van der Waals surface area contributed by atoms with Crippen LogP contribution in [-0.2, 0) is 0 Å². The zero-order valence-corrected chi connectivity index (χ0v) is 17.6. The molecule has 2 N–H and O–H groups in total. The second kappa shape index (κ2) is 7.73. The van der Waals surface area contributed by atoms with Crippen molar-refractivity contribution in [3.63, 3.8) is 0 Å². The Morgan fingerprint density at radius 2 is 1.72 bits per heavy atom. The van der Waals surface area contributed by atoms with Gasteiger partial charge in [-0.05, 0) is 49.0 Å². The Labute approximate surface area is 185 Å². The van der Waals surface area contributed by atoms with Crippen LogP contribution in [0.4, 0.5) is 0 Å². The van der Waals surface area contributed by atoms with Crippen LogP contribution in [0.2, 0.25) is 0 Å². The van der Waals surface area contributed by atoms with Crippen LogP contribution in [0.5, 0.6) is 0 Å². The SMILES string of the molecule is O=c1cc(-c2cnn3cc(-c4ccc(C5CCNCC5)cc4)cnc23)c2ccccc2[nH]1. The number of hydrogen-bond acceptors (Lipinski definition) is 4. The number of aromatic amines is 1. The molecule has 0 bridgehead atoms. The summed E-state index contributed by atoms with van der Waals surface area (Å²) in [5.41, 5.74) is 6.63. The van der Waals surface area contributed by atoms with Gasteiger partial charge in [0, 0.05) is 46.1 Å². The minimum atomic E-state index is -0.136. The molecule has 0 saturated carbocycles. The lowest BCUT2D eigenvalue weighted by molar-refractivity contribution is 0.460. The molecule has 1 aliphatic heterocycles. The van der Waals surface area contributed by atoms with Gasteiger partial charge in [-0.3, -0.25) is 4.79 Å². The number of nitrogens with zero attached hydrogens (tertiary/aromatic N) is 3. The van der Waals surface area contributed by atoms with E-state index in [1.54, 1.807) is 16.8 Å². The molecule has 3 aromatic heterocycles. The van der Waals surface area contributed by atoms with Crippen LogP contribution in [0, 0.1) is 0 Å².